The highest BCUT2D eigenvalue weighted by atomic mass is 35.5. The first kappa shape index (κ1) is 21.8. The van der Waals surface area contributed by atoms with Crippen LogP contribution in [0.2, 0.25) is 5.02 Å². The van der Waals surface area contributed by atoms with Gasteiger partial charge in [-0.3, -0.25) is 9.47 Å². The normalized spacial score (nSPS) is 13.8. The monoisotopic (exact) mass is 434 g/mol. The fourth-order valence-corrected chi connectivity index (χ4v) is 3.80. The van der Waals surface area contributed by atoms with Crippen LogP contribution in [0.25, 0.3) is 5.69 Å². The first-order chi connectivity index (χ1) is 13.9. The van der Waals surface area contributed by atoms with E-state index in [0.717, 1.165) is 41.8 Å². The van der Waals surface area contributed by atoms with E-state index in [-0.39, 0.29) is 11.3 Å². The van der Waals surface area contributed by atoms with Gasteiger partial charge >= 0.3 is 0 Å². The molecule has 3 rings (SSSR count). The molecule has 9 heteroatoms. The molecule has 29 heavy (non-hydrogen) atoms. The number of rotatable bonds is 9. The van der Waals surface area contributed by atoms with Gasteiger partial charge in [-0.1, -0.05) is 41.9 Å². The molecule has 0 saturated carbocycles. The van der Waals surface area contributed by atoms with Crippen LogP contribution in [0.4, 0.5) is 0 Å². The third-order valence-corrected chi connectivity index (χ3v) is 6.04. The van der Waals surface area contributed by atoms with E-state index < -0.39 is 0 Å². The van der Waals surface area contributed by atoms with E-state index >= 15 is 0 Å². The summed E-state index contributed by atoms with van der Waals surface area (Å²) in [4.78, 5) is 6.65. The van der Waals surface area contributed by atoms with E-state index in [9.17, 15) is 0 Å². The van der Waals surface area contributed by atoms with Gasteiger partial charge in [-0.15, -0.1) is 10.2 Å². The second-order valence-electron chi connectivity index (χ2n) is 7.20. The average molecular weight is 435 g/mol. The fraction of sp³-hybridized carbons (Fsp3) is 0.500. The summed E-state index contributed by atoms with van der Waals surface area (Å²) in [5.41, 5.74) is 0.965. The molecule has 2 atom stereocenters. The quantitative estimate of drug-likeness (QED) is 0.432. The summed E-state index contributed by atoms with van der Waals surface area (Å²) in [5, 5.41) is 14.5. The molecule has 0 aliphatic rings. The van der Waals surface area contributed by atoms with Crippen LogP contribution in [0, 0.1) is 0 Å². The number of halogens is 1. The lowest BCUT2D eigenvalue weighted by Gasteiger charge is -2.20. The van der Waals surface area contributed by atoms with Crippen LogP contribution >= 0.6 is 23.4 Å². The van der Waals surface area contributed by atoms with Crippen molar-refractivity contribution in [3.05, 3.63) is 46.8 Å². The molecule has 1 aromatic carbocycles. The molecule has 0 N–H and O–H groups in total. The van der Waals surface area contributed by atoms with Gasteiger partial charge in [0.1, 0.15) is 0 Å². The molecule has 3 aromatic rings. The lowest BCUT2D eigenvalue weighted by atomic mass is 10.2. The molecule has 0 amide bonds. The highest BCUT2D eigenvalue weighted by molar-refractivity contribution is 7.99. The maximum atomic E-state index is 6.09. The standard InChI is InChI=1S/C20H27ClN6OS/c1-6-7-8-17-22-19(28-25-17)14(3)29-20-24-23-18(13(2)26(4)5)27(20)16-11-9-15(21)10-12-16/h9-14H,6-8H2,1-5H3. The molecule has 0 fully saturated rings. The van der Waals surface area contributed by atoms with Crippen LogP contribution in [0.3, 0.4) is 0 Å². The lowest BCUT2D eigenvalue weighted by Crippen LogP contribution is -2.20. The van der Waals surface area contributed by atoms with Gasteiger partial charge in [0.2, 0.25) is 5.89 Å². The molecule has 156 valence electrons. The van der Waals surface area contributed by atoms with Crippen molar-refractivity contribution >= 4 is 23.4 Å². The Morgan fingerprint density at radius 3 is 2.55 bits per heavy atom. The molecule has 0 saturated heterocycles. The van der Waals surface area contributed by atoms with Crippen molar-refractivity contribution in [2.24, 2.45) is 0 Å². The van der Waals surface area contributed by atoms with Crippen molar-refractivity contribution in [1.82, 2.24) is 29.8 Å². The minimum atomic E-state index is -0.0457. The van der Waals surface area contributed by atoms with Crippen LogP contribution < -0.4 is 0 Å². The van der Waals surface area contributed by atoms with Crippen molar-refractivity contribution < 1.29 is 4.52 Å². The number of aryl methyl sites for hydroxylation is 1. The summed E-state index contributed by atoms with van der Waals surface area (Å²) in [6, 6.07) is 7.78. The van der Waals surface area contributed by atoms with Crippen LogP contribution in [-0.2, 0) is 6.42 Å². The molecule has 0 bridgehead atoms. The number of thioether (sulfide) groups is 1. The predicted molar refractivity (Wildman–Crippen MR) is 116 cm³/mol. The smallest absolute Gasteiger partial charge is 0.239 e. The zero-order valence-electron chi connectivity index (χ0n) is 17.5. The van der Waals surface area contributed by atoms with E-state index in [1.165, 1.54) is 0 Å². The Morgan fingerprint density at radius 2 is 1.90 bits per heavy atom. The van der Waals surface area contributed by atoms with Crippen molar-refractivity contribution in [2.45, 2.75) is 56.5 Å². The Morgan fingerprint density at radius 1 is 1.17 bits per heavy atom. The maximum absolute atomic E-state index is 6.09. The molecular weight excluding hydrogens is 408 g/mol. The summed E-state index contributed by atoms with van der Waals surface area (Å²) < 4.78 is 7.55. The van der Waals surface area contributed by atoms with Gasteiger partial charge in [-0.05, 0) is 58.6 Å². The van der Waals surface area contributed by atoms with E-state index in [2.05, 4.69) is 43.7 Å². The highest BCUT2D eigenvalue weighted by Gasteiger charge is 2.24. The van der Waals surface area contributed by atoms with Gasteiger partial charge < -0.3 is 4.52 Å². The Bertz CT molecular complexity index is 923. The second kappa shape index (κ2) is 9.73. The molecule has 2 aromatic heterocycles. The first-order valence-corrected chi connectivity index (χ1v) is 11.0. The van der Waals surface area contributed by atoms with Gasteiger partial charge in [-0.2, -0.15) is 4.98 Å². The average Bonchev–Trinajstić information content (AvgIpc) is 3.33. The van der Waals surface area contributed by atoms with Crippen LogP contribution in [0.1, 0.15) is 62.4 Å². The predicted octanol–water partition coefficient (Wildman–Crippen LogP) is 5.12. The Balaban J connectivity index is 1.90. The van der Waals surface area contributed by atoms with E-state index in [1.807, 2.05) is 45.3 Å². The SMILES string of the molecule is CCCCc1noc(C(C)Sc2nnc(C(C)N(C)C)n2-c2ccc(Cl)cc2)n1. The van der Waals surface area contributed by atoms with Crippen molar-refractivity contribution in [3.63, 3.8) is 0 Å². The van der Waals surface area contributed by atoms with Crippen LogP contribution in [0.5, 0.6) is 0 Å². The van der Waals surface area contributed by atoms with Gasteiger partial charge in [0.15, 0.2) is 16.8 Å². The van der Waals surface area contributed by atoms with Gasteiger partial charge in [-0.25, -0.2) is 0 Å². The fourth-order valence-electron chi connectivity index (χ4n) is 2.77. The Labute approximate surface area is 180 Å². The first-order valence-electron chi connectivity index (χ1n) is 9.77. The van der Waals surface area contributed by atoms with Crippen molar-refractivity contribution in [2.75, 3.05) is 14.1 Å². The summed E-state index contributed by atoms with van der Waals surface area (Å²) in [7, 11) is 4.05. The molecule has 0 aliphatic heterocycles. The molecule has 0 aliphatic carbocycles. The summed E-state index contributed by atoms with van der Waals surface area (Å²) in [6.07, 6.45) is 2.99. The molecule has 0 radical (unpaired) electrons. The zero-order valence-corrected chi connectivity index (χ0v) is 19.0. The third-order valence-electron chi connectivity index (χ3n) is 4.76. The Hall–Kier alpha value is -1.90. The summed E-state index contributed by atoms with van der Waals surface area (Å²) >= 11 is 7.64. The topological polar surface area (TPSA) is 72.9 Å². The number of hydrogen-bond donors (Lipinski definition) is 0. The highest BCUT2D eigenvalue weighted by Crippen LogP contribution is 2.36. The van der Waals surface area contributed by atoms with Crippen LogP contribution in [0.15, 0.2) is 33.9 Å². The van der Waals surface area contributed by atoms with Gasteiger partial charge in [0.25, 0.3) is 0 Å². The molecule has 7 nitrogen and oxygen atoms in total. The molecule has 2 unspecified atom stereocenters. The molecular formula is C20H27ClN6OS. The largest absolute Gasteiger partial charge is 0.338 e. The maximum Gasteiger partial charge on any atom is 0.239 e. The minimum Gasteiger partial charge on any atom is -0.338 e. The molecule has 0 spiro atoms. The lowest BCUT2D eigenvalue weighted by molar-refractivity contribution is 0.305. The Kier molecular flexibility index (Phi) is 7.32. The molecule has 2 heterocycles. The van der Waals surface area contributed by atoms with E-state index in [1.54, 1.807) is 11.8 Å². The van der Waals surface area contributed by atoms with Crippen LogP contribution in [-0.4, -0.2) is 43.9 Å². The zero-order chi connectivity index (χ0) is 21.0. The number of hydrogen-bond acceptors (Lipinski definition) is 7. The number of nitrogens with zero attached hydrogens (tertiary/aromatic N) is 6. The number of aromatic nitrogens is 5. The third kappa shape index (κ3) is 5.18. The number of unbranched alkanes of at least 4 members (excludes halogenated alkanes) is 1. The van der Waals surface area contributed by atoms with Crippen molar-refractivity contribution in [3.8, 4) is 5.69 Å². The van der Waals surface area contributed by atoms with Gasteiger partial charge in [0, 0.05) is 17.1 Å². The van der Waals surface area contributed by atoms with Crippen molar-refractivity contribution in [1.29, 1.82) is 0 Å². The van der Waals surface area contributed by atoms with Gasteiger partial charge in [0.05, 0.1) is 11.3 Å². The second-order valence-corrected chi connectivity index (χ2v) is 8.95. The van der Waals surface area contributed by atoms with E-state index in [0.29, 0.717) is 10.9 Å². The summed E-state index contributed by atoms with van der Waals surface area (Å²) in [6.45, 7) is 6.29. The minimum absolute atomic E-state index is 0.0457. The van der Waals surface area contributed by atoms with E-state index in [4.69, 9.17) is 16.1 Å². The number of benzene rings is 1. The summed E-state index contributed by atoms with van der Waals surface area (Å²) in [5.74, 6) is 2.23.